The number of carbonyl (C=O) groups excluding carboxylic acids is 3. The SMILES string of the molecule is CCCC(=O)N[C@H]1C(O)O[C@H](COC(=O)c2ccccc2O)[C@@H](OC(=O)CCC)[C@@H]1O. The van der Waals surface area contributed by atoms with Crippen LogP contribution in [0.15, 0.2) is 24.3 Å². The van der Waals surface area contributed by atoms with Crippen molar-refractivity contribution in [1.82, 2.24) is 5.32 Å². The minimum absolute atomic E-state index is 0.0800. The van der Waals surface area contributed by atoms with Gasteiger partial charge in [-0.25, -0.2) is 4.79 Å². The molecule has 2 rings (SSSR count). The average molecular weight is 439 g/mol. The molecule has 0 spiro atoms. The van der Waals surface area contributed by atoms with Gasteiger partial charge in [-0.1, -0.05) is 26.0 Å². The Balaban J connectivity index is 2.13. The Morgan fingerprint density at radius 1 is 1.10 bits per heavy atom. The number of aliphatic hydroxyl groups excluding tert-OH is 2. The van der Waals surface area contributed by atoms with Crippen LogP contribution in [0.25, 0.3) is 0 Å². The van der Waals surface area contributed by atoms with Gasteiger partial charge in [0.25, 0.3) is 0 Å². The molecule has 172 valence electrons. The van der Waals surface area contributed by atoms with Crippen molar-refractivity contribution in [3.63, 3.8) is 0 Å². The highest BCUT2D eigenvalue weighted by atomic mass is 16.7. The van der Waals surface area contributed by atoms with E-state index in [-0.39, 0.29) is 24.2 Å². The highest BCUT2D eigenvalue weighted by Gasteiger charge is 2.47. The number of phenolic OH excluding ortho intramolecular Hbond substituents is 1. The van der Waals surface area contributed by atoms with Crippen LogP contribution in [-0.4, -0.2) is 70.4 Å². The second kappa shape index (κ2) is 11.6. The third-order valence-electron chi connectivity index (χ3n) is 4.72. The van der Waals surface area contributed by atoms with Crippen LogP contribution in [0.3, 0.4) is 0 Å². The van der Waals surface area contributed by atoms with Gasteiger partial charge < -0.3 is 34.8 Å². The Bertz CT molecular complexity index is 769. The summed E-state index contributed by atoms with van der Waals surface area (Å²) in [6.45, 7) is 3.10. The zero-order chi connectivity index (χ0) is 23.0. The Labute approximate surface area is 180 Å². The van der Waals surface area contributed by atoms with Crippen LogP contribution in [0.1, 0.15) is 49.9 Å². The van der Waals surface area contributed by atoms with Crippen molar-refractivity contribution in [3.8, 4) is 5.75 Å². The highest BCUT2D eigenvalue weighted by molar-refractivity contribution is 5.92. The number of rotatable bonds is 9. The van der Waals surface area contributed by atoms with Gasteiger partial charge in [-0.05, 0) is 25.0 Å². The molecule has 0 radical (unpaired) electrons. The molecule has 1 unspecified atom stereocenters. The van der Waals surface area contributed by atoms with E-state index in [0.717, 1.165) is 0 Å². The summed E-state index contributed by atoms with van der Waals surface area (Å²) < 4.78 is 15.9. The van der Waals surface area contributed by atoms with Crippen molar-refractivity contribution in [2.75, 3.05) is 6.61 Å². The summed E-state index contributed by atoms with van der Waals surface area (Å²) in [5, 5.41) is 33.3. The fraction of sp³-hybridized carbons (Fsp3) is 0.571. The molecule has 4 N–H and O–H groups in total. The Morgan fingerprint density at radius 2 is 1.77 bits per heavy atom. The molecule has 1 saturated heterocycles. The molecule has 0 saturated carbocycles. The second-order valence-electron chi connectivity index (χ2n) is 7.22. The summed E-state index contributed by atoms with van der Waals surface area (Å²) >= 11 is 0. The maximum absolute atomic E-state index is 12.3. The molecule has 5 atom stereocenters. The zero-order valence-corrected chi connectivity index (χ0v) is 17.5. The number of carbonyl (C=O) groups is 3. The predicted octanol–water partition coefficient (Wildman–Crippen LogP) is 0.624. The lowest BCUT2D eigenvalue weighted by molar-refractivity contribution is -0.259. The smallest absolute Gasteiger partial charge is 0.342 e. The molecule has 1 aromatic rings. The van der Waals surface area contributed by atoms with Gasteiger partial charge in [-0.15, -0.1) is 0 Å². The lowest BCUT2D eigenvalue weighted by Crippen LogP contribution is -2.65. The number of aliphatic hydroxyl groups is 2. The topological polar surface area (TPSA) is 152 Å². The van der Waals surface area contributed by atoms with E-state index in [1.54, 1.807) is 26.0 Å². The number of ether oxygens (including phenoxy) is 3. The summed E-state index contributed by atoms with van der Waals surface area (Å²) in [6, 6.07) is 4.53. The summed E-state index contributed by atoms with van der Waals surface area (Å²) in [5.41, 5.74) is -0.0800. The summed E-state index contributed by atoms with van der Waals surface area (Å²) in [7, 11) is 0. The van der Waals surface area contributed by atoms with Crippen molar-refractivity contribution in [3.05, 3.63) is 29.8 Å². The first-order valence-corrected chi connectivity index (χ1v) is 10.2. The molecule has 10 heteroatoms. The molecule has 31 heavy (non-hydrogen) atoms. The number of hydrogen-bond acceptors (Lipinski definition) is 9. The highest BCUT2D eigenvalue weighted by Crippen LogP contribution is 2.25. The molecule has 1 heterocycles. The molecule has 1 amide bonds. The Morgan fingerprint density at radius 3 is 2.42 bits per heavy atom. The summed E-state index contributed by atoms with van der Waals surface area (Å²) in [4.78, 5) is 36.2. The molecular weight excluding hydrogens is 410 g/mol. The van der Waals surface area contributed by atoms with Gasteiger partial charge in [-0.3, -0.25) is 9.59 Å². The van der Waals surface area contributed by atoms with Crippen LogP contribution in [0.2, 0.25) is 0 Å². The molecule has 0 bridgehead atoms. The number of benzene rings is 1. The van der Waals surface area contributed by atoms with E-state index < -0.39 is 55.1 Å². The first kappa shape index (κ1) is 24.6. The molecule has 0 aromatic heterocycles. The fourth-order valence-electron chi connectivity index (χ4n) is 3.15. The van der Waals surface area contributed by atoms with Crippen molar-refractivity contribution >= 4 is 17.8 Å². The van der Waals surface area contributed by atoms with Crippen molar-refractivity contribution in [2.45, 2.75) is 70.2 Å². The van der Waals surface area contributed by atoms with Crippen molar-refractivity contribution < 1.29 is 43.9 Å². The van der Waals surface area contributed by atoms with Crippen molar-refractivity contribution in [1.29, 1.82) is 0 Å². The van der Waals surface area contributed by atoms with Crippen LogP contribution >= 0.6 is 0 Å². The van der Waals surface area contributed by atoms with Gasteiger partial charge in [0.05, 0.1) is 0 Å². The quantitative estimate of drug-likeness (QED) is 0.406. The molecule has 1 aliphatic heterocycles. The maximum atomic E-state index is 12.3. The maximum Gasteiger partial charge on any atom is 0.342 e. The molecular formula is C21H29NO9. The first-order chi connectivity index (χ1) is 14.8. The number of aromatic hydroxyl groups is 1. The van der Waals surface area contributed by atoms with E-state index in [1.807, 2.05) is 0 Å². The van der Waals surface area contributed by atoms with E-state index in [4.69, 9.17) is 14.2 Å². The van der Waals surface area contributed by atoms with E-state index in [2.05, 4.69) is 5.32 Å². The van der Waals surface area contributed by atoms with Gasteiger partial charge in [0.2, 0.25) is 5.91 Å². The largest absolute Gasteiger partial charge is 0.507 e. The molecule has 1 aromatic carbocycles. The fourth-order valence-corrected chi connectivity index (χ4v) is 3.15. The van der Waals surface area contributed by atoms with E-state index in [1.165, 1.54) is 12.1 Å². The van der Waals surface area contributed by atoms with Crippen LogP contribution < -0.4 is 5.32 Å². The van der Waals surface area contributed by atoms with Gasteiger partial charge in [-0.2, -0.15) is 0 Å². The monoisotopic (exact) mass is 439 g/mol. The minimum Gasteiger partial charge on any atom is -0.507 e. The predicted molar refractivity (Wildman–Crippen MR) is 107 cm³/mol. The van der Waals surface area contributed by atoms with Crippen LogP contribution in [0.5, 0.6) is 5.75 Å². The Kier molecular flexibility index (Phi) is 9.22. The summed E-state index contributed by atoms with van der Waals surface area (Å²) in [5.74, 6) is -2.15. The van der Waals surface area contributed by atoms with E-state index in [9.17, 15) is 29.7 Å². The van der Waals surface area contributed by atoms with Crippen LogP contribution in [0, 0.1) is 0 Å². The standard InChI is InChI=1S/C21H29NO9/c1-3-7-15(24)22-17-18(26)19(31-16(25)8-4-2)14(30-21(17)28)11-29-20(27)12-9-5-6-10-13(12)23/h5-6,9-10,14,17-19,21,23,26,28H,3-4,7-8,11H2,1-2H3,(H,22,24)/t14-,17-,18-,19-,21?/m1/s1. The van der Waals surface area contributed by atoms with E-state index >= 15 is 0 Å². The third-order valence-corrected chi connectivity index (χ3v) is 4.72. The lowest BCUT2D eigenvalue weighted by atomic mass is 9.96. The second-order valence-corrected chi connectivity index (χ2v) is 7.22. The van der Waals surface area contributed by atoms with Gasteiger partial charge >= 0.3 is 11.9 Å². The molecule has 1 aliphatic rings. The number of amides is 1. The van der Waals surface area contributed by atoms with Crippen LogP contribution in [-0.2, 0) is 23.8 Å². The number of para-hydroxylation sites is 1. The van der Waals surface area contributed by atoms with Gasteiger partial charge in [0.15, 0.2) is 12.4 Å². The van der Waals surface area contributed by atoms with Crippen LogP contribution in [0.4, 0.5) is 0 Å². The number of phenols is 1. The number of esters is 2. The Hall–Kier alpha value is -2.69. The van der Waals surface area contributed by atoms with Crippen molar-refractivity contribution in [2.24, 2.45) is 0 Å². The number of hydrogen-bond donors (Lipinski definition) is 4. The first-order valence-electron chi connectivity index (χ1n) is 10.2. The molecule has 10 nitrogen and oxygen atoms in total. The zero-order valence-electron chi connectivity index (χ0n) is 17.5. The van der Waals surface area contributed by atoms with Gasteiger partial charge in [0, 0.05) is 12.8 Å². The van der Waals surface area contributed by atoms with E-state index in [0.29, 0.717) is 12.8 Å². The lowest BCUT2D eigenvalue weighted by Gasteiger charge is -2.42. The normalized spacial score (nSPS) is 25.5. The average Bonchev–Trinajstić information content (AvgIpc) is 2.72. The summed E-state index contributed by atoms with van der Waals surface area (Å²) in [6.07, 6.45) is -4.28. The number of nitrogens with one attached hydrogen (secondary N) is 1. The van der Waals surface area contributed by atoms with Gasteiger partial charge in [0.1, 0.15) is 36.2 Å². The minimum atomic E-state index is -1.62. The molecule has 1 fully saturated rings. The molecule has 0 aliphatic carbocycles. The third kappa shape index (κ3) is 6.65.